The van der Waals surface area contributed by atoms with Crippen molar-refractivity contribution in [1.29, 1.82) is 0 Å². The molecule has 0 aromatic heterocycles. The van der Waals surface area contributed by atoms with Gasteiger partial charge in [0.1, 0.15) is 5.75 Å². The molecule has 0 amide bonds. The third-order valence-corrected chi connectivity index (χ3v) is 2.51. The molecule has 1 rings (SSSR count). The summed E-state index contributed by atoms with van der Waals surface area (Å²) in [5.41, 5.74) is 0. The molecular formula is C8H5F4LiO4S. The Labute approximate surface area is 112 Å². The van der Waals surface area contributed by atoms with Gasteiger partial charge in [-0.05, 0) is 12.1 Å². The van der Waals surface area contributed by atoms with E-state index in [2.05, 4.69) is 4.74 Å². The Morgan fingerprint density at radius 3 is 1.89 bits per heavy atom. The van der Waals surface area contributed by atoms with Crippen LogP contribution in [0.25, 0.3) is 0 Å². The van der Waals surface area contributed by atoms with Gasteiger partial charge in [0.05, 0.1) is 0 Å². The summed E-state index contributed by atoms with van der Waals surface area (Å²) in [7, 11) is -6.54. The fraction of sp³-hybridized carbons (Fsp3) is 0.250. The first-order valence-electron chi connectivity index (χ1n) is 4.03. The van der Waals surface area contributed by atoms with Gasteiger partial charge in [-0.3, -0.25) is 0 Å². The van der Waals surface area contributed by atoms with Crippen LogP contribution in [0.4, 0.5) is 17.6 Å². The van der Waals surface area contributed by atoms with Crippen LogP contribution in [-0.4, -0.2) is 24.3 Å². The molecule has 0 radical (unpaired) electrons. The van der Waals surface area contributed by atoms with Gasteiger partial charge in [0, 0.05) is 0 Å². The van der Waals surface area contributed by atoms with E-state index in [-0.39, 0.29) is 18.9 Å². The average molecular weight is 280 g/mol. The first-order chi connectivity index (χ1) is 7.58. The molecule has 0 unspecified atom stereocenters. The summed E-state index contributed by atoms with van der Waals surface area (Å²) in [5.74, 6) is -0.694. The van der Waals surface area contributed by atoms with Crippen LogP contribution in [0.5, 0.6) is 5.75 Å². The first kappa shape index (κ1) is 17.2. The van der Waals surface area contributed by atoms with E-state index in [9.17, 15) is 30.5 Å². The van der Waals surface area contributed by atoms with Gasteiger partial charge in [0.2, 0.25) is 0 Å². The van der Waals surface area contributed by atoms with Crippen LogP contribution in [0.15, 0.2) is 30.3 Å². The predicted molar refractivity (Wildman–Crippen MR) is 46.7 cm³/mol. The molecule has 96 valence electrons. The van der Waals surface area contributed by atoms with Crippen LogP contribution in [-0.2, 0) is 10.1 Å². The minimum atomic E-state index is -6.54. The summed E-state index contributed by atoms with van der Waals surface area (Å²) >= 11 is 0. The number of para-hydroxylation sites is 1. The molecule has 0 bridgehead atoms. The molecule has 1 aromatic rings. The quantitative estimate of drug-likeness (QED) is 0.395. The van der Waals surface area contributed by atoms with E-state index >= 15 is 0 Å². The smallest absolute Gasteiger partial charge is 0.743 e. The molecular weight excluding hydrogens is 275 g/mol. The minimum Gasteiger partial charge on any atom is -0.743 e. The molecule has 0 aliphatic heterocycles. The molecule has 0 aliphatic carbocycles. The summed E-state index contributed by atoms with van der Waals surface area (Å²) in [6.07, 6.45) is -5.45. The van der Waals surface area contributed by atoms with Crippen molar-refractivity contribution in [2.45, 2.75) is 11.4 Å². The van der Waals surface area contributed by atoms with Gasteiger partial charge in [-0.25, -0.2) is 8.42 Å². The third kappa shape index (κ3) is 3.38. The van der Waals surface area contributed by atoms with E-state index in [0.29, 0.717) is 0 Å². The monoisotopic (exact) mass is 280 g/mol. The van der Waals surface area contributed by atoms with Gasteiger partial charge in [0.15, 0.2) is 10.1 Å². The van der Waals surface area contributed by atoms with Crippen molar-refractivity contribution in [3.8, 4) is 5.75 Å². The van der Waals surface area contributed by atoms with Crippen molar-refractivity contribution in [3.05, 3.63) is 30.3 Å². The number of hydrogen-bond acceptors (Lipinski definition) is 4. The molecule has 0 aliphatic rings. The molecule has 1 aromatic carbocycles. The van der Waals surface area contributed by atoms with Crippen molar-refractivity contribution in [1.82, 2.24) is 0 Å². The Bertz CT molecular complexity index is 491. The minimum absolute atomic E-state index is 0. The Hall–Kier alpha value is -0.753. The number of ether oxygens (including phenoxy) is 1. The van der Waals surface area contributed by atoms with Gasteiger partial charge < -0.3 is 9.29 Å². The average Bonchev–Trinajstić information content (AvgIpc) is 2.16. The zero-order valence-electron chi connectivity index (χ0n) is 8.94. The molecule has 0 saturated carbocycles. The Balaban J connectivity index is 0.00000289. The van der Waals surface area contributed by atoms with Crippen LogP contribution in [0.1, 0.15) is 0 Å². The van der Waals surface area contributed by atoms with Crippen molar-refractivity contribution in [2.24, 2.45) is 0 Å². The van der Waals surface area contributed by atoms with Gasteiger partial charge >= 0.3 is 30.2 Å². The maximum atomic E-state index is 12.8. The molecule has 10 heteroatoms. The molecule has 0 atom stereocenters. The van der Waals surface area contributed by atoms with Crippen LogP contribution in [0, 0.1) is 0 Å². The second-order valence-electron chi connectivity index (χ2n) is 2.90. The van der Waals surface area contributed by atoms with Crippen LogP contribution in [0.3, 0.4) is 0 Å². The number of rotatable bonds is 4. The topological polar surface area (TPSA) is 66.4 Å². The maximum Gasteiger partial charge on any atom is 1.00 e. The van der Waals surface area contributed by atoms with Crippen molar-refractivity contribution in [3.63, 3.8) is 0 Å². The Morgan fingerprint density at radius 1 is 1.06 bits per heavy atom. The van der Waals surface area contributed by atoms with E-state index in [1.54, 1.807) is 0 Å². The van der Waals surface area contributed by atoms with Crippen molar-refractivity contribution >= 4 is 10.1 Å². The molecule has 0 N–H and O–H groups in total. The van der Waals surface area contributed by atoms with Crippen LogP contribution in [0.2, 0.25) is 0 Å². The predicted octanol–water partition coefficient (Wildman–Crippen LogP) is -1.20. The first-order valence-corrected chi connectivity index (χ1v) is 5.44. The molecule has 18 heavy (non-hydrogen) atoms. The standard InChI is InChI=1S/C8H6F4O4S.Li/c9-7(10,8(11,12)17(13,14)15)16-6-4-2-1-3-5-6;/h1-5H,(H,13,14,15);/q;+1/p-1. The molecule has 4 nitrogen and oxygen atoms in total. The Kier molecular flexibility index (Phi) is 5.25. The number of benzene rings is 1. The fourth-order valence-corrected chi connectivity index (χ4v) is 1.17. The maximum absolute atomic E-state index is 12.8. The van der Waals surface area contributed by atoms with E-state index < -0.39 is 27.2 Å². The number of hydrogen-bond donors (Lipinski definition) is 0. The Morgan fingerprint density at radius 2 is 1.50 bits per heavy atom. The van der Waals surface area contributed by atoms with Gasteiger partial charge in [-0.2, -0.15) is 17.6 Å². The SMILES string of the molecule is O=S(=O)([O-])C(F)(F)C(F)(F)Oc1ccccc1.[Li+]. The summed E-state index contributed by atoms with van der Waals surface area (Å²) in [5, 5.41) is -5.85. The van der Waals surface area contributed by atoms with Gasteiger partial charge in [-0.1, -0.05) is 18.2 Å². The molecule has 0 saturated heterocycles. The zero-order chi connectivity index (χ0) is 13.3. The largest absolute Gasteiger partial charge is 1.00 e. The normalized spacial score (nSPS) is 12.7. The summed E-state index contributed by atoms with van der Waals surface area (Å²) in [6.45, 7) is 0. The molecule has 0 fully saturated rings. The fourth-order valence-electron chi connectivity index (χ4n) is 0.841. The van der Waals surface area contributed by atoms with E-state index in [1.165, 1.54) is 18.2 Å². The second-order valence-corrected chi connectivity index (χ2v) is 4.32. The number of alkyl halides is 4. The van der Waals surface area contributed by atoms with E-state index in [4.69, 9.17) is 0 Å². The summed E-state index contributed by atoms with van der Waals surface area (Å²) < 4.78 is 84.5. The zero-order valence-corrected chi connectivity index (χ0v) is 9.76. The molecule has 0 heterocycles. The van der Waals surface area contributed by atoms with Gasteiger partial charge in [-0.15, -0.1) is 0 Å². The molecule has 0 spiro atoms. The van der Waals surface area contributed by atoms with Crippen molar-refractivity contribution in [2.75, 3.05) is 0 Å². The third-order valence-electron chi connectivity index (χ3n) is 1.64. The summed E-state index contributed by atoms with van der Waals surface area (Å²) in [6, 6.07) is 5.61. The van der Waals surface area contributed by atoms with Crippen molar-refractivity contribution < 1.29 is 54.1 Å². The van der Waals surface area contributed by atoms with Crippen LogP contribution >= 0.6 is 0 Å². The van der Waals surface area contributed by atoms with E-state index in [0.717, 1.165) is 12.1 Å². The van der Waals surface area contributed by atoms with Crippen LogP contribution < -0.4 is 23.6 Å². The van der Waals surface area contributed by atoms with Gasteiger partial charge in [0.25, 0.3) is 0 Å². The second kappa shape index (κ2) is 5.48. The number of halogens is 4. The van der Waals surface area contributed by atoms with E-state index in [1.807, 2.05) is 0 Å². The summed E-state index contributed by atoms with van der Waals surface area (Å²) in [4.78, 5) is 0.